The Kier molecular flexibility index (Phi) is 4.43. The zero-order valence-corrected chi connectivity index (χ0v) is 13.8. The molecule has 1 fully saturated rings. The van der Waals surface area contributed by atoms with Gasteiger partial charge in [-0.2, -0.15) is 0 Å². The van der Waals surface area contributed by atoms with E-state index < -0.39 is 17.0 Å². The van der Waals surface area contributed by atoms with E-state index in [1.807, 2.05) is 0 Å². The molecule has 1 saturated heterocycles. The maximum absolute atomic E-state index is 13.2. The molecule has 1 aliphatic rings. The minimum absolute atomic E-state index is 0.156. The van der Waals surface area contributed by atoms with E-state index in [0.29, 0.717) is 10.6 Å². The topological polar surface area (TPSA) is 37.4 Å². The molecule has 3 nitrogen and oxygen atoms in total. The quantitative estimate of drug-likeness (QED) is 0.669. The fourth-order valence-corrected chi connectivity index (χ4v) is 3.25. The highest BCUT2D eigenvalue weighted by Gasteiger charge is 2.36. The van der Waals surface area contributed by atoms with Gasteiger partial charge in [0.25, 0.3) is 11.1 Å². The summed E-state index contributed by atoms with van der Waals surface area (Å²) in [5.74, 6) is -1.11. The van der Waals surface area contributed by atoms with Crippen LogP contribution in [-0.4, -0.2) is 11.1 Å². The van der Waals surface area contributed by atoms with E-state index in [-0.39, 0.29) is 15.6 Å². The zero-order valence-electron chi connectivity index (χ0n) is 11.4. The van der Waals surface area contributed by atoms with Gasteiger partial charge in [-0.25, -0.2) is 9.29 Å². The van der Waals surface area contributed by atoms with E-state index in [1.165, 1.54) is 12.1 Å². The number of rotatable bonds is 2. The first-order chi connectivity index (χ1) is 11.0. The Morgan fingerprint density at radius 1 is 1.04 bits per heavy atom. The maximum atomic E-state index is 13.2. The normalized spacial score (nSPS) is 16.5. The van der Waals surface area contributed by atoms with Crippen LogP contribution >= 0.6 is 35.0 Å². The molecule has 0 unspecified atom stereocenters. The van der Waals surface area contributed by atoms with Crippen molar-refractivity contribution in [3.05, 3.63) is 68.8 Å². The monoisotopic (exact) mass is 367 g/mol. The van der Waals surface area contributed by atoms with Crippen molar-refractivity contribution in [1.82, 2.24) is 0 Å². The summed E-state index contributed by atoms with van der Waals surface area (Å²) < 4.78 is 13.2. The molecule has 2 aromatic rings. The summed E-state index contributed by atoms with van der Waals surface area (Å²) >= 11 is 12.6. The van der Waals surface area contributed by atoms with Crippen molar-refractivity contribution in [3.63, 3.8) is 0 Å². The molecule has 0 saturated carbocycles. The third kappa shape index (κ3) is 3.13. The average Bonchev–Trinajstić information content (AvgIpc) is 2.79. The lowest BCUT2D eigenvalue weighted by molar-refractivity contribution is -0.113. The lowest BCUT2D eigenvalue weighted by atomic mass is 10.2. The van der Waals surface area contributed by atoms with Crippen LogP contribution in [0.1, 0.15) is 5.56 Å². The fourth-order valence-electron chi connectivity index (χ4n) is 2.05. The highest BCUT2D eigenvalue weighted by atomic mass is 35.5. The van der Waals surface area contributed by atoms with Crippen molar-refractivity contribution in [1.29, 1.82) is 0 Å². The van der Waals surface area contributed by atoms with Crippen molar-refractivity contribution in [3.8, 4) is 0 Å². The molecule has 0 atom stereocenters. The third-order valence-electron chi connectivity index (χ3n) is 3.15. The SMILES string of the molecule is O=C1S/C(=C\c2ccccc2Cl)C(=O)N1c1ccc(F)c(Cl)c1. The van der Waals surface area contributed by atoms with Crippen LogP contribution in [-0.2, 0) is 4.79 Å². The fraction of sp³-hybridized carbons (Fsp3) is 0. The molecule has 0 aromatic heterocycles. The molecule has 0 spiro atoms. The lowest BCUT2D eigenvalue weighted by Gasteiger charge is -2.12. The molecule has 1 aliphatic heterocycles. The Hall–Kier alpha value is -1.82. The largest absolute Gasteiger partial charge is 0.298 e. The van der Waals surface area contributed by atoms with E-state index in [4.69, 9.17) is 23.2 Å². The Balaban J connectivity index is 1.97. The average molecular weight is 368 g/mol. The van der Waals surface area contributed by atoms with Crippen molar-refractivity contribution in [2.45, 2.75) is 0 Å². The number of imide groups is 1. The molecule has 1 heterocycles. The molecule has 0 radical (unpaired) electrons. The van der Waals surface area contributed by atoms with Crippen LogP contribution in [0.25, 0.3) is 6.08 Å². The van der Waals surface area contributed by atoms with Crippen LogP contribution in [0.5, 0.6) is 0 Å². The predicted molar refractivity (Wildman–Crippen MR) is 91.3 cm³/mol. The number of benzene rings is 2. The zero-order chi connectivity index (χ0) is 16.6. The Labute approximate surface area is 145 Å². The number of halogens is 3. The molecular formula is C16H8Cl2FNO2S. The van der Waals surface area contributed by atoms with Gasteiger partial charge in [-0.05, 0) is 47.7 Å². The van der Waals surface area contributed by atoms with Gasteiger partial charge in [0, 0.05) is 5.02 Å². The summed E-state index contributed by atoms with van der Waals surface area (Å²) in [5, 5.41) is -0.156. The summed E-state index contributed by atoms with van der Waals surface area (Å²) in [6.07, 6.45) is 1.55. The molecular weight excluding hydrogens is 360 g/mol. The molecule has 0 bridgehead atoms. The van der Waals surface area contributed by atoms with Gasteiger partial charge in [0.05, 0.1) is 15.6 Å². The number of carbonyl (C=O) groups excluding carboxylic acids is 2. The van der Waals surface area contributed by atoms with Crippen molar-refractivity contribution < 1.29 is 14.0 Å². The molecule has 0 N–H and O–H groups in total. The van der Waals surface area contributed by atoms with Gasteiger partial charge in [-0.15, -0.1) is 0 Å². The summed E-state index contributed by atoms with van der Waals surface area (Å²) in [6.45, 7) is 0. The van der Waals surface area contributed by atoms with Gasteiger partial charge in [0.15, 0.2) is 0 Å². The maximum Gasteiger partial charge on any atom is 0.298 e. The number of hydrogen-bond acceptors (Lipinski definition) is 3. The summed E-state index contributed by atoms with van der Waals surface area (Å²) in [7, 11) is 0. The summed E-state index contributed by atoms with van der Waals surface area (Å²) in [5.41, 5.74) is 0.860. The second kappa shape index (κ2) is 6.35. The first-order valence-corrected chi connectivity index (χ1v) is 8.02. The second-order valence-corrected chi connectivity index (χ2v) is 6.44. The van der Waals surface area contributed by atoms with E-state index in [9.17, 15) is 14.0 Å². The molecule has 116 valence electrons. The van der Waals surface area contributed by atoms with Crippen LogP contribution in [0.3, 0.4) is 0 Å². The van der Waals surface area contributed by atoms with Crippen LogP contribution in [0.4, 0.5) is 14.9 Å². The van der Waals surface area contributed by atoms with Crippen LogP contribution in [0.2, 0.25) is 10.0 Å². The summed E-state index contributed by atoms with van der Waals surface area (Å²) in [6, 6.07) is 10.7. The molecule has 23 heavy (non-hydrogen) atoms. The van der Waals surface area contributed by atoms with Crippen LogP contribution < -0.4 is 4.90 Å². The Morgan fingerprint density at radius 3 is 2.48 bits per heavy atom. The minimum Gasteiger partial charge on any atom is -0.268 e. The van der Waals surface area contributed by atoms with Gasteiger partial charge in [-0.3, -0.25) is 9.59 Å². The molecule has 2 amide bonds. The number of carbonyl (C=O) groups is 2. The number of amides is 2. The molecule has 0 aliphatic carbocycles. The Bertz CT molecular complexity index is 854. The van der Waals surface area contributed by atoms with E-state index >= 15 is 0 Å². The van der Waals surface area contributed by atoms with Gasteiger partial charge in [0.1, 0.15) is 5.82 Å². The number of anilines is 1. The minimum atomic E-state index is -0.617. The standard InChI is InChI=1S/C16H8Cl2FNO2S/c17-11-4-2-1-3-9(11)7-14-15(21)20(16(22)23-14)10-5-6-13(19)12(18)8-10/h1-8H/b14-7-. The van der Waals surface area contributed by atoms with Crippen molar-refractivity contribution >= 4 is 57.9 Å². The third-order valence-corrected chi connectivity index (χ3v) is 4.65. The van der Waals surface area contributed by atoms with Gasteiger partial charge in [0.2, 0.25) is 0 Å². The highest BCUT2D eigenvalue weighted by Crippen LogP contribution is 2.37. The molecule has 3 rings (SSSR count). The van der Waals surface area contributed by atoms with Crippen molar-refractivity contribution in [2.24, 2.45) is 0 Å². The molecule has 7 heteroatoms. The van der Waals surface area contributed by atoms with E-state index in [1.54, 1.807) is 30.3 Å². The van der Waals surface area contributed by atoms with Crippen molar-refractivity contribution in [2.75, 3.05) is 4.90 Å². The first kappa shape index (κ1) is 16.1. The summed E-state index contributed by atoms with van der Waals surface area (Å²) in [4.78, 5) is 25.8. The number of thioether (sulfide) groups is 1. The van der Waals surface area contributed by atoms with Gasteiger partial charge < -0.3 is 0 Å². The highest BCUT2D eigenvalue weighted by molar-refractivity contribution is 8.19. The lowest BCUT2D eigenvalue weighted by Crippen LogP contribution is -2.27. The van der Waals surface area contributed by atoms with E-state index in [0.717, 1.165) is 22.7 Å². The van der Waals surface area contributed by atoms with Gasteiger partial charge in [-0.1, -0.05) is 41.4 Å². The van der Waals surface area contributed by atoms with E-state index in [2.05, 4.69) is 0 Å². The predicted octanol–water partition coefficient (Wildman–Crippen LogP) is 5.37. The van der Waals surface area contributed by atoms with Crippen LogP contribution in [0, 0.1) is 5.82 Å². The van der Waals surface area contributed by atoms with Gasteiger partial charge >= 0.3 is 0 Å². The molecule has 2 aromatic carbocycles. The Morgan fingerprint density at radius 2 is 1.78 bits per heavy atom. The first-order valence-electron chi connectivity index (χ1n) is 6.45. The number of nitrogens with zero attached hydrogens (tertiary/aromatic N) is 1. The number of hydrogen-bond donors (Lipinski definition) is 0. The smallest absolute Gasteiger partial charge is 0.268 e. The van der Waals surface area contributed by atoms with Crippen LogP contribution in [0.15, 0.2) is 47.4 Å². The second-order valence-electron chi connectivity index (χ2n) is 4.64.